The van der Waals surface area contributed by atoms with E-state index in [-0.39, 0.29) is 52.8 Å². The lowest BCUT2D eigenvalue weighted by Crippen LogP contribution is -2.41. The number of methoxy groups -OCH3 is 1. The molecule has 31 heavy (non-hydrogen) atoms. The van der Waals surface area contributed by atoms with Crippen LogP contribution in [0.25, 0.3) is 10.9 Å². The first kappa shape index (κ1) is 19.8. The number of halogens is 1. The Morgan fingerprint density at radius 2 is 2.03 bits per heavy atom. The van der Waals surface area contributed by atoms with E-state index in [0.717, 1.165) is 19.0 Å². The van der Waals surface area contributed by atoms with Gasteiger partial charge in [0.25, 0.3) is 0 Å². The lowest BCUT2D eigenvalue weighted by Gasteiger charge is -2.24. The van der Waals surface area contributed by atoms with Crippen molar-refractivity contribution < 1.29 is 28.9 Å². The van der Waals surface area contributed by atoms with Gasteiger partial charge < -0.3 is 29.7 Å². The highest BCUT2D eigenvalue weighted by molar-refractivity contribution is 6.05. The van der Waals surface area contributed by atoms with Crippen molar-refractivity contribution in [1.29, 1.82) is 0 Å². The van der Waals surface area contributed by atoms with E-state index in [1.165, 1.54) is 16.6 Å². The third-order valence-corrected chi connectivity index (χ3v) is 6.49. The number of ether oxygens (including phenoxy) is 1. The van der Waals surface area contributed by atoms with Crippen molar-refractivity contribution in [3.8, 4) is 11.6 Å². The van der Waals surface area contributed by atoms with Crippen molar-refractivity contribution >= 4 is 28.5 Å². The zero-order valence-electron chi connectivity index (χ0n) is 16.9. The molecular formula is C21H22FN3O6. The number of anilines is 1. The number of aromatic hydroxyl groups is 1. The van der Waals surface area contributed by atoms with Gasteiger partial charge in [0.1, 0.15) is 11.2 Å². The van der Waals surface area contributed by atoms with Crippen LogP contribution in [0.3, 0.4) is 0 Å². The lowest BCUT2D eigenvalue weighted by atomic mass is 9.94. The van der Waals surface area contributed by atoms with Crippen LogP contribution in [0.15, 0.2) is 10.9 Å². The van der Waals surface area contributed by atoms with Gasteiger partial charge in [0.2, 0.25) is 17.2 Å². The second kappa shape index (κ2) is 6.94. The van der Waals surface area contributed by atoms with E-state index in [4.69, 9.17) is 4.74 Å². The van der Waals surface area contributed by atoms with Gasteiger partial charge in [0.15, 0.2) is 17.1 Å². The molecule has 0 bridgehead atoms. The molecular weight excluding hydrogens is 409 g/mol. The molecule has 1 amide bonds. The number of hydrogen-bond acceptors (Lipinski definition) is 6. The Morgan fingerprint density at radius 3 is 2.65 bits per heavy atom. The number of fused-ring (bicyclic) bond motifs is 2. The molecule has 3 heterocycles. The molecule has 0 spiro atoms. The number of pyridine rings is 1. The number of nitrogens with zero attached hydrogens (tertiary/aromatic N) is 2. The summed E-state index contributed by atoms with van der Waals surface area (Å²) in [5, 5.41) is 23.2. The fourth-order valence-corrected chi connectivity index (χ4v) is 4.94. The van der Waals surface area contributed by atoms with Crippen LogP contribution >= 0.6 is 0 Å². The number of carboxylic acid groups (broad SMARTS) is 1. The van der Waals surface area contributed by atoms with Gasteiger partial charge in [0, 0.05) is 18.6 Å². The van der Waals surface area contributed by atoms with Crippen LogP contribution in [-0.2, 0) is 4.79 Å². The van der Waals surface area contributed by atoms with Crippen molar-refractivity contribution in [2.45, 2.75) is 37.8 Å². The van der Waals surface area contributed by atoms with Gasteiger partial charge in [-0.3, -0.25) is 9.59 Å². The smallest absolute Gasteiger partial charge is 0.345 e. The molecule has 5 rings (SSSR count). The van der Waals surface area contributed by atoms with E-state index < -0.39 is 28.7 Å². The molecule has 1 saturated carbocycles. The minimum atomic E-state index is -1.59. The first-order valence-corrected chi connectivity index (χ1v) is 10.3. The number of aromatic carboxylic acids is 1. The van der Waals surface area contributed by atoms with Gasteiger partial charge in [-0.25, -0.2) is 9.18 Å². The van der Waals surface area contributed by atoms with Crippen LogP contribution in [0.4, 0.5) is 10.1 Å². The molecule has 1 aromatic carbocycles. The minimum absolute atomic E-state index is 0.0572. The van der Waals surface area contributed by atoms with Gasteiger partial charge >= 0.3 is 5.97 Å². The van der Waals surface area contributed by atoms with Gasteiger partial charge in [0.05, 0.1) is 18.4 Å². The molecule has 10 heteroatoms. The Kier molecular flexibility index (Phi) is 4.44. The molecule has 0 unspecified atom stereocenters. The maximum atomic E-state index is 15.4. The van der Waals surface area contributed by atoms with Gasteiger partial charge in [-0.15, -0.1) is 0 Å². The van der Waals surface area contributed by atoms with E-state index in [1.54, 1.807) is 0 Å². The number of rotatable bonds is 4. The van der Waals surface area contributed by atoms with Crippen LogP contribution in [-0.4, -0.2) is 52.9 Å². The number of carboxylic acids is 1. The van der Waals surface area contributed by atoms with E-state index in [2.05, 4.69) is 5.32 Å². The fraction of sp³-hybridized carbons (Fsp3) is 0.476. The van der Waals surface area contributed by atoms with Crippen molar-refractivity contribution in [1.82, 2.24) is 9.88 Å². The normalized spacial score (nSPS) is 23.3. The van der Waals surface area contributed by atoms with Crippen molar-refractivity contribution in [2.24, 2.45) is 5.92 Å². The average molecular weight is 431 g/mol. The third-order valence-electron chi connectivity index (χ3n) is 6.49. The van der Waals surface area contributed by atoms with Crippen LogP contribution in [0.1, 0.15) is 42.1 Å². The summed E-state index contributed by atoms with van der Waals surface area (Å²) >= 11 is 0. The largest absolute Gasteiger partial charge is 0.494 e. The molecule has 3 fully saturated rings. The van der Waals surface area contributed by atoms with Crippen molar-refractivity contribution in [2.75, 3.05) is 25.1 Å². The van der Waals surface area contributed by atoms with E-state index >= 15 is 4.39 Å². The number of piperidine rings is 1. The Labute approximate surface area is 176 Å². The lowest BCUT2D eigenvalue weighted by molar-refractivity contribution is -0.121. The second-order valence-electron chi connectivity index (χ2n) is 8.33. The van der Waals surface area contributed by atoms with Gasteiger partial charge in [-0.05, 0) is 38.3 Å². The Bertz CT molecular complexity index is 1190. The van der Waals surface area contributed by atoms with Crippen molar-refractivity contribution in [3.05, 3.63) is 27.7 Å². The Balaban J connectivity index is 1.80. The molecule has 2 aliphatic heterocycles. The maximum absolute atomic E-state index is 15.4. The molecule has 164 valence electrons. The van der Waals surface area contributed by atoms with Crippen molar-refractivity contribution in [3.63, 3.8) is 0 Å². The first-order chi connectivity index (χ1) is 14.8. The van der Waals surface area contributed by atoms with Gasteiger partial charge in [-0.1, -0.05) is 0 Å². The van der Waals surface area contributed by atoms with Crippen LogP contribution in [0.2, 0.25) is 0 Å². The molecule has 0 radical (unpaired) electrons. The van der Waals surface area contributed by atoms with Crippen LogP contribution in [0.5, 0.6) is 11.6 Å². The molecule has 9 nitrogen and oxygen atoms in total. The van der Waals surface area contributed by atoms with E-state index in [1.807, 2.05) is 0 Å². The summed E-state index contributed by atoms with van der Waals surface area (Å²) in [6.45, 7) is 1.04. The quantitative estimate of drug-likeness (QED) is 0.672. The number of carbonyl (C=O) groups is 2. The Morgan fingerprint density at radius 1 is 1.29 bits per heavy atom. The summed E-state index contributed by atoms with van der Waals surface area (Å²) in [4.78, 5) is 38.9. The highest BCUT2D eigenvalue weighted by Gasteiger charge is 2.44. The predicted octanol–water partition coefficient (Wildman–Crippen LogP) is 1.60. The van der Waals surface area contributed by atoms with Crippen LogP contribution < -0.4 is 20.4 Å². The summed E-state index contributed by atoms with van der Waals surface area (Å²) in [6.07, 6.45) is 2.89. The third kappa shape index (κ3) is 2.81. The van der Waals surface area contributed by atoms with Crippen LogP contribution in [0, 0.1) is 11.7 Å². The SMILES string of the molecule is COc1c(N2C[C@H]3NCCC[C@@H]3C2=O)c(F)cc2c(=O)c(C(=O)O)c(O)n(C3CC3)c12. The summed E-state index contributed by atoms with van der Waals surface area (Å²) in [6, 6.07) is 0.601. The zero-order valence-corrected chi connectivity index (χ0v) is 16.9. The number of hydrogen-bond donors (Lipinski definition) is 3. The average Bonchev–Trinajstić information content (AvgIpc) is 3.51. The number of carbonyl (C=O) groups excluding carboxylic acids is 1. The number of aromatic nitrogens is 1. The Hall–Kier alpha value is -3.14. The molecule has 3 aliphatic rings. The molecule has 2 aromatic rings. The number of nitrogens with one attached hydrogen (secondary N) is 1. The molecule has 3 N–H and O–H groups in total. The maximum Gasteiger partial charge on any atom is 0.345 e. The van der Waals surface area contributed by atoms with Gasteiger partial charge in [-0.2, -0.15) is 0 Å². The number of amides is 1. The van der Waals surface area contributed by atoms with E-state index in [9.17, 15) is 24.6 Å². The summed E-state index contributed by atoms with van der Waals surface area (Å²) in [5.41, 5.74) is -1.79. The molecule has 2 saturated heterocycles. The highest BCUT2D eigenvalue weighted by Crippen LogP contribution is 2.47. The monoisotopic (exact) mass is 431 g/mol. The fourth-order valence-electron chi connectivity index (χ4n) is 4.94. The topological polar surface area (TPSA) is 121 Å². The second-order valence-corrected chi connectivity index (χ2v) is 8.33. The number of benzene rings is 1. The minimum Gasteiger partial charge on any atom is -0.494 e. The highest BCUT2D eigenvalue weighted by atomic mass is 19.1. The molecule has 1 aliphatic carbocycles. The first-order valence-electron chi connectivity index (χ1n) is 10.3. The summed E-state index contributed by atoms with van der Waals surface area (Å²) in [7, 11) is 1.30. The molecule has 2 atom stereocenters. The summed E-state index contributed by atoms with van der Waals surface area (Å²) < 4.78 is 22.2. The molecule has 1 aromatic heterocycles. The predicted molar refractivity (Wildman–Crippen MR) is 108 cm³/mol. The summed E-state index contributed by atoms with van der Waals surface area (Å²) in [5.74, 6) is -3.67. The van der Waals surface area contributed by atoms with E-state index in [0.29, 0.717) is 19.3 Å². The standard InChI is InChI=1S/C21H22FN3O6/c1-31-18-15-11(17(26)14(21(29)30)20(28)25(15)9-4-5-9)7-12(22)16(18)24-8-13-10(19(24)27)3-2-6-23-13/h7,9-10,13,23,28H,2-6,8H2,1H3,(H,29,30)/t10-,13+/m0/s1. The zero-order chi connectivity index (χ0) is 22.0.